The highest BCUT2D eigenvalue weighted by Gasteiger charge is 2.35. The zero-order valence-electron chi connectivity index (χ0n) is 18.3. The maximum atomic E-state index is 13.0. The summed E-state index contributed by atoms with van der Waals surface area (Å²) in [5.41, 5.74) is 1.71. The van der Waals surface area contributed by atoms with Crippen LogP contribution < -0.4 is 9.47 Å². The maximum absolute atomic E-state index is 13.0. The first-order chi connectivity index (χ1) is 17.0. The summed E-state index contributed by atoms with van der Waals surface area (Å²) in [6, 6.07) is 22.6. The quantitative estimate of drug-likeness (QED) is 0.470. The summed E-state index contributed by atoms with van der Waals surface area (Å²) in [7, 11) is 0. The number of aliphatic imine (C=N–C) groups is 1. The molecule has 9 heteroatoms. The number of para-hydroxylation sites is 1. The molecule has 5 rings (SSSR count). The molecular formula is C26H19FN4O3S. The zero-order chi connectivity index (χ0) is 24.2. The van der Waals surface area contributed by atoms with Crippen molar-refractivity contribution in [1.82, 2.24) is 5.01 Å². The van der Waals surface area contributed by atoms with E-state index in [9.17, 15) is 9.18 Å². The SMILES string of the molecule is N=C1/C(=C/c2ccc(OCc3ccc(F)cc3)cc2)C(=O)N=C2SC(COc3ccccc3)=NN12. The molecule has 0 bridgehead atoms. The van der Waals surface area contributed by atoms with Gasteiger partial charge in [0.1, 0.15) is 35.6 Å². The van der Waals surface area contributed by atoms with Crippen molar-refractivity contribution >= 4 is 39.8 Å². The number of nitrogens with one attached hydrogen (secondary N) is 1. The zero-order valence-corrected chi connectivity index (χ0v) is 19.2. The predicted octanol–water partition coefficient (Wildman–Crippen LogP) is 5.10. The molecule has 35 heavy (non-hydrogen) atoms. The van der Waals surface area contributed by atoms with Crippen molar-refractivity contribution in [1.29, 1.82) is 5.41 Å². The minimum Gasteiger partial charge on any atom is -0.489 e. The van der Waals surface area contributed by atoms with Crippen LogP contribution in [-0.4, -0.2) is 33.6 Å². The number of rotatable bonds is 7. The van der Waals surface area contributed by atoms with E-state index in [4.69, 9.17) is 14.9 Å². The van der Waals surface area contributed by atoms with Gasteiger partial charge in [0.25, 0.3) is 5.91 Å². The van der Waals surface area contributed by atoms with E-state index in [0.29, 0.717) is 33.9 Å². The van der Waals surface area contributed by atoms with Crippen LogP contribution in [0, 0.1) is 11.2 Å². The van der Waals surface area contributed by atoms with Gasteiger partial charge in [-0.05, 0) is 65.4 Å². The number of ether oxygens (including phenoxy) is 2. The van der Waals surface area contributed by atoms with Crippen molar-refractivity contribution in [2.24, 2.45) is 10.1 Å². The van der Waals surface area contributed by atoms with E-state index >= 15 is 0 Å². The molecule has 0 fully saturated rings. The Morgan fingerprint density at radius 3 is 2.34 bits per heavy atom. The van der Waals surface area contributed by atoms with Gasteiger partial charge in [0.2, 0.25) is 5.17 Å². The number of halogens is 1. The van der Waals surface area contributed by atoms with Gasteiger partial charge in [-0.25, -0.2) is 4.39 Å². The molecule has 2 heterocycles. The van der Waals surface area contributed by atoms with Gasteiger partial charge in [-0.15, -0.1) is 0 Å². The van der Waals surface area contributed by atoms with E-state index in [1.165, 1.54) is 28.9 Å². The van der Waals surface area contributed by atoms with Crippen LogP contribution in [0.5, 0.6) is 11.5 Å². The molecular weight excluding hydrogens is 467 g/mol. The molecule has 0 atom stereocenters. The van der Waals surface area contributed by atoms with E-state index in [0.717, 1.165) is 5.56 Å². The summed E-state index contributed by atoms with van der Waals surface area (Å²) in [6.45, 7) is 0.520. The highest BCUT2D eigenvalue weighted by molar-refractivity contribution is 8.27. The van der Waals surface area contributed by atoms with Crippen LogP contribution in [-0.2, 0) is 11.4 Å². The van der Waals surface area contributed by atoms with E-state index in [-0.39, 0.29) is 23.8 Å². The molecule has 174 valence electrons. The number of hydrogen-bond donors (Lipinski definition) is 1. The summed E-state index contributed by atoms with van der Waals surface area (Å²) in [5.74, 6) is 0.509. The number of fused-ring (bicyclic) bond motifs is 1. The van der Waals surface area contributed by atoms with Crippen molar-refractivity contribution in [3.8, 4) is 11.5 Å². The van der Waals surface area contributed by atoms with E-state index in [1.54, 1.807) is 42.5 Å². The number of amidine groups is 2. The third-order valence-corrected chi connectivity index (χ3v) is 5.99. The predicted molar refractivity (Wildman–Crippen MR) is 134 cm³/mol. The fraction of sp³-hybridized carbons (Fsp3) is 0.0769. The third-order valence-electron chi connectivity index (χ3n) is 5.11. The maximum Gasteiger partial charge on any atom is 0.283 e. The first kappa shape index (κ1) is 22.5. The van der Waals surface area contributed by atoms with Crippen molar-refractivity contribution in [2.45, 2.75) is 6.61 Å². The molecule has 7 nitrogen and oxygen atoms in total. The molecule has 0 spiro atoms. The second-order valence-corrected chi connectivity index (χ2v) is 8.64. The van der Waals surface area contributed by atoms with Crippen molar-refractivity contribution < 1.29 is 18.7 Å². The van der Waals surface area contributed by atoms with Crippen LogP contribution in [0.4, 0.5) is 4.39 Å². The Bertz CT molecular complexity index is 1350. The standard InChI is InChI=1S/C26H19FN4O3S/c27-19-10-6-18(7-11-19)15-33-21-12-8-17(9-13-21)14-22-24(28)31-26(29-25(22)32)35-23(30-31)16-34-20-4-2-1-3-5-20/h1-14,28H,15-16H2/b22-14-,28-24?. The number of amides is 1. The van der Waals surface area contributed by atoms with Crippen molar-refractivity contribution in [2.75, 3.05) is 6.61 Å². The molecule has 0 aromatic heterocycles. The van der Waals surface area contributed by atoms with Gasteiger partial charge in [-0.1, -0.05) is 42.5 Å². The molecule has 3 aromatic rings. The van der Waals surface area contributed by atoms with Gasteiger partial charge >= 0.3 is 0 Å². The normalized spacial score (nSPS) is 16.1. The Kier molecular flexibility index (Phi) is 6.40. The molecule has 1 N–H and O–H groups in total. The largest absolute Gasteiger partial charge is 0.489 e. The molecule has 3 aromatic carbocycles. The first-order valence-corrected chi connectivity index (χ1v) is 11.5. The lowest BCUT2D eigenvalue weighted by atomic mass is 10.1. The first-order valence-electron chi connectivity index (χ1n) is 10.7. The number of hydrazone groups is 1. The second-order valence-electron chi connectivity index (χ2n) is 7.60. The number of carbonyl (C=O) groups excluding carboxylic acids is 1. The van der Waals surface area contributed by atoms with Crippen LogP contribution in [0.1, 0.15) is 11.1 Å². The second kappa shape index (κ2) is 9.94. The van der Waals surface area contributed by atoms with Gasteiger partial charge in [-0.3, -0.25) is 10.2 Å². The number of hydrogen-bond acceptors (Lipinski definition) is 6. The highest BCUT2D eigenvalue weighted by Crippen LogP contribution is 2.29. The van der Waals surface area contributed by atoms with Crippen LogP contribution in [0.2, 0.25) is 0 Å². The van der Waals surface area contributed by atoms with E-state index in [1.807, 2.05) is 30.3 Å². The van der Waals surface area contributed by atoms with Gasteiger partial charge in [0.05, 0.1) is 5.57 Å². The Morgan fingerprint density at radius 2 is 1.60 bits per heavy atom. The van der Waals surface area contributed by atoms with E-state index in [2.05, 4.69) is 10.1 Å². The summed E-state index contributed by atoms with van der Waals surface area (Å²) in [5, 5.41) is 15.2. The summed E-state index contributed by atoms with van der Waals surface area (Å²) < 4.78 is 24.5. The summed E-state index contributed by atoms with van der Waals surface area (Å²) in [4.78, 5) is 16.7. The third kappa shape index (κ3) is 5.30. The fourth-order valence-corrected chi connectivity index (χ4v) is 4.12. The van der Waals surface area contributed by atoms with Gasteiger partial charge in [0.15, 0.2) is 5.84 Å². The van der Waals surface area contributed by atoms with Crippen LogP contribution in [0.15, 0.2) is 94.5 Å². The molecule has 0 saturated carbocycles. The van der Waals surface area contributed by atoms with E-state index < -0.39 is 5.91 Å². The molecule has 0 radical (unpaired) electrons. The molecule has 0 saturated heterocycles. The van der Waals surface area contributed by atoms with Crippen molar-refractivity contribution in [3.05, 3.63) is 101 Å². The Balaban J connectivity index is 1.24. The molecule has 0 unspecified atom stereocenters. The smallest absolute Gasteiger partial charge is 0.283 e. The van der Waals surface area contributed by atoms with Crippen LogP contribution in [0.3, 0.4) is 0 Å². The topological polar surface area (TPSA) is 87.3 Å². The minimum absolute atomic E-state index is 0.0427. The molecule has 2 aliphatic rings. The lowest BCUT2D eigenvalue weighted by molar-refractivity contribution is -0.114. The average molecular weight is 487 g/mol. The number of carbonyl (C=O) groups is 1. The molecule has 1 amide bonds. The summed E-state index contributed by atoms with van der Waals surface area (Å²) >= 11 is 1.21. The Hall–Kier alpha value is -4.24. The molecule has 2 aliphatic heterocycles. The van der Waals surface area contributed by atoms with Gasteiger partial charge < -0.3 is 9.47 Å². The van der Waals surface area contributed by atoms with Gasteiger partial charge in [0, 0.05) is 0 Å². The Morgan fingerprint density at radius 1 is 0.914 bits per heavy atom. The highest BCUT2D eigenvalue weighted by atomic mass is 32.2. The molecule has 0 aliphatic carbocycles. The monoisotopic (exact) mass is 486 g/mol. The Labute approximate surface area is 205 Å². The van der Waals surface area contributed by atoms with Crippen LogP contribution in [0.25, 0.3) is 6.08 Å². The van der Waals surface area contributed by atoms with Crippen molar-refractivity contribution in [3.63, 3.8) is 0 Å². The number of thioether (sulfide) groups is 1. The fourth-order valence-electron chi connectivity index (χ4n) is 3.33. The summed E-state index contributed by atoms with van der Waals surface area (Å²) in [6.07, 6.45) is 1.60. The average Bonchev–Trinajstić information content (AvgIpc) is 3.29. The van der Waals surface area contributed by atoms with Crippen LogP contribution >= 0.6 is 11.8 Å². The lowest BCUT2D eigenvalue weighted by Crippen LogP contribution is -2.35. The number of benzene rings is 3. The minimum atomic E-state index is -0.495. The number of nitrogens with zero attached hydrogens (tertiary/aromatic N) is 3. The van der Waals surface area contributed by atoms with Gasteiger partial charge in [-0.2, -0.15) is 15.1 Å². The lowest BCUT2D eigenvalue weighted by Gasteiger charge is -2.20.